The van der Waals surface area contributed by atoms with Gasteiger partial charge in [-0.1, -0.05) is 25.0 Å². The van der Waals surface area contributed by atoms with E-state index in [1.165, 1.54) is 0 Å². The molecule has 2 rings (SSSR count). The Morgan fingerprint density at radius 1 is 1.29 bits per heavy atom. The van der Waals surface area contributed by atoms with E-state index in [9.17, 15) is 14.7 Å². The van der Waals surface area contributed by atoms with Crippen LogP contribution in [0.2, 0.25) is 0 Å². The molecule has 1 aliphatic rings. The van der Waals surface area contributed by atoms with Crippen molar-refractivity contribution in [3.05, 3.63) is 29.8 Å². The zero-order chi connectivity index (χ0) is 15.2. The largest absolute Gasteiger partial charge is 0.483 e. The summed E-state index contributed by atoms with van der Waals surface area (Å²) in [5, 5.41) is 12.6. The number of nitrogens with two attached hydrogens (primary N) is 1. The molecule has 4 N–H and O–H groups in total. The highest BCUT2D eigenvalue weighted by Gasteiger charge is 2.24. The van der Waals surface area contributed by atoms with Gasteiger partial charge in [-0.2, -0.15) is 0 Å². The van der Waals surface area contributed by atoms with Crippen LogP contribution in [0.15, 0.2) is 24.3 Å². The molecule has 0 unspecified atom stereocenters. The smallest absolute Gasteiger partial charge is 0.258 e. The lowest BCUT2D eigenvalue weighted by atomic mass is 9.92. The summed E-state index contributed by atoms with van der Waals surface area (Å²) in [7, 11) is 0. The summed E-state index contributed by atoms with van der Waals surface area (Å²) in [5.41, 5.74) is 5.47. The molecule has 2 amide bonds. The third-order valence-electron chi connectivity index (χ3n) is 3.59. The Hall–Kier alpha value is -2.08. The zero-order valence-electron chi connectivity index (χ0n) is 11.7. The lowest BCUT2D eigenvalue weighted by molar-refractivity contribution is -0.125. The first-order chi connectivity index (χ1) is 10.1. The van der Waals surface area contributed by atoms with Crippen LogP contribution in [0.25, 0.3) is 0 Å². The lowest BCUT2D eigenvalue weighted by Crippen LogP contribution is -2.46. The second kappa shape index (κ2) is 7.08. The monoisotopic (exact) mass is 292 g/mol. The molecule has 0 spiro atoms. The van der Waals surface area contributed by atoms with E-state index in [0.29, 0.717) is 6.42 Å². The van der Waals surface area contributed by atoms with Gasteiger partial charge in [-0.05, 0) is 25.0 Å². The fourth-order valence-electron chi connectivity index (χ4n) is 2.47. The molecule has 0 aromatic heterocycles. The zero-order valence-corrected chi connectivity index (χ0v) is 11.7. The number of primary amides is 1. The van der Waals surface area contributed by atoms with Crippen molar-refractivity contribution in [1.29, 1.82) is 0 Å². The second-order valence-corrected chi connectivity index (χ2v) is 5.17. The highest BCUT2D eigenvalue weighted by molar-refractivity contribution is 5.95. The minimum absolute atomic E-state index is 0.215. The van der Waals surface area contributed by atoms with E-state index in [2.05, 4.69) is 5.32 Å². The molecular formula is C15H20N2O4. The molecular weight excluding hydrogens is 272 g/mol. The summed E-state index contributed by atoms with van der Waals surface area (Å²) in [5.74, 6) is -0.640. The van der Waals surface area contributed by atoms with E-state index < -0.39 is 12.0 Å². The molecule has 0 aliphatic heterocycles. The van der Waals surface area contributed by atoms with E-state index in [1.807, 2.05) is 0 Å². The average Bonchev–Trinajstić information content (AvgIpc) is 2.48. The lowest BCUT2D eigenvalue weighted by Gasteiger charge is -2.28. The number of aliphatic hydroxyl groups is 1. The molecule has 1 fully saturated rings. The fourth-order valence-corrected chi connectivity index (χ4v) is 2.47. The summed E-state index contributed by atoms with van der Waals surface area (Å²) in [6.07, 6.45) is 2.95. The number of nitrogens with one attached hydrogen (secondary N) is 1. The quantitative estimate of drug-likeness (QED) is 0.739. The van der Waals surface area contributed by atoms with Gasteiger partial charge in [-0.3, -0.25) is 9.59 Å². The van der Waals surface area contributed by atoms with Crippen LogP contribution in [0, 0.1) is 0 Å². The van der Waals surface area contributed by atoms with Crippen molar-refractivity contribution in [3.63, 3.8) is 0 Å². The number of amides is 2. The molecule has 6 nitrogen and oxygen atoms in total. The van der Waals surface area contributed by atoms with Crippen LogP contribution in [0.3, 0.4) is 0 Å². The minimum atomic E-state index is -0.603. The Labute approximate surface area is 123 Å². The summed E-state index contributed by atoms with van der Waals surface area (Å²) < 4.78 is 5.34. The molecule has 2 atom stereocenters. The van der Waals surface area contributed by atoms with Gasteiger partial charge >= 0.3 is 0 Å². The normalized spacial score (nSPS) is 21.6. The standard InChI is InChI=1S/C15H20N2O4/c16-15(20)10-5-1-4-8-13(10)21-9-14(19)17-11-6-2-3-7-12(11)18/h1,4-5,8,11-12,18H,2-3,6-7,9H2,(H2,16,20)(H,17,19)/t11-,12-/m0/s1. The van der Waals surface area contributed by atoms with E-state index in [1.54, 1.807) is 24.3 Å². The fraction of sp³-hybridized carbons (Fsp3) is 0.467. The molecule has 0 bridgehead atoms. The number of benzene rings is 1. The van der Waals surface area contributed by atoms with Gasteiger partial charge in [-0.15, -0.1) is 0 Å². The van der Waals surface area contributed by atoms with Crippen LogP contribution >= 0.6 is 0 Å². The molecule has 114 valence electrons. The molecule has 0 saturated heterocycles. The third-order valence-corrected chi connectivity index (χ3v) is 3.59. The van der Waals surface area contributed by atoms with Gasteiger partial charge in [0.05, 0.1) is 17.7 Å². The number of ether oxygens (including phenoxy) is 1. The van der Waals surface area contributed by atoms with Gasteiger partial charge < -0.3 is 20.9 Å². The number of hydrogen-bond acceptors (Lipinski definition) is 4. The molecule has 6 heteroatoms. The maximum atomic E-state index is 11.8. The Kier molecular flexibility index (Phi) is 5.16. The molecule has 1 aliphatic carbocycles. The van der Waals surface area contributed by atoms with E-state index >= 15 is 0 Å². The maximum absolute atomic E-state index is 11.8. The molecule has 1 aromatic carbocycles. The van der Waals surface area contributed by atoms with Crippen molar-refractivity contribution >= 4 is 11.8 Å². The predicted octanol–water partition coefficient (Wildman–Crippen LogP) is 0.584. The summed E-state index contributed by atoms with van der Waals surface area (Å²) in [6, 6.07) is 6.28. The number of carbonyl (C=O) groups is 2. The predicted molar refractivity (Wildman–Crippen MR) is 76.9 cm³/mol. The van der Waals surface area contributed by atoms with E-state index in [4.69, 9.17) is 10.5 Å². The Balaban J connectivity index is 1.88. The van der Waals surface area contributed by atoms with Crippen molar-refractivity contribution in [3.8, 4) is 5.75 Å². The van der Waals surface area contributed by atoms with Gasteiger partial charge in [0.25, 0.3) is 11.8 Å². The third kappa shape index (κ3) is 4.19. The molecule has 21 heavy (non-hydrogen) atoms. The van der Waals surface area contributed by atoms with Crippen LogP contribution in [-0.4, -0.2) is 35.7 Å². The number of para-hydroxylation sites is 1. The highest BCUT2D eigenvalue weighted by atomic mass is 16.5. The van der Waals surface area contributed by atoms with Gasteiger partial charge in [0.2, 0.25) is 0 Å². The van der Waals surface area contributed by atoms with E-state index in [-0.39, 0.29) is 29.9 Å². The van der Waals surface area contributed by atoms with E-state index in [0.717, 1.165) is 19.3 Å². The van der Waals surface area contributed by atoms with Crippen LogP contribution in [0.1, 0.15) is 36.0 Å². The van der Waals surface area contributed by atoms with Crippen LogP contribution in [0.5, 0.6) is 5.75 Å². The number of hydrogen-bond donors (Lipinski definition) is 3. The molecule has 1 saturated carbocycles. The van der Waals surface area contributed by atoms with Crippen molar-refractivity contribution in [2.24, 2.45) is 5.73 Å². The second-order valence-electron chi connectivity index (χ2n) is 5.17. The van der Waals surface area contributed by atoms with Crippen LogP contribution in [-0.2, 0) is 4.79 Å². The average molecular weight is 292 g/mol. The Morgan fingerprint density at radius 2 is 2.00 bits per heavy atom. The highest BCUT2D eigenvalue weighted by Crippen LogP contribution is 2.19. The SMILES string of the molecule is NC(=O)c1ccccc1OCC(=O)N[C@H]1CCCC[C@@H]1O. The Morgan fingerprint density at radius 3 is 2.71 bits per heavy atom. The van der Waals surface area contributed by atoms with Gasteiger partial charge in [0.1, 0.15) is 5.75 Å². The minimum Gasteiger partial charge on any atom is -0.483 e. The number of carbonyl (C=O) groups excluding carboxylic acids is 2. The first-order valence-corrected chi connectivity index (χ1v) is 7.07. The Bertz CT molecular complexity index is 518. The molecule has 1 aromatic rings. The number of aliphatic hydroxyl groups excluding tert-OH is 1. The maximum Gasteiger partial charge on any atom is 0.258 e. The molecule has 0 radical (unpaired) electrons. The first-order valence-electron chi connectivity index (χ1n) is 7.07. The van der Waals surface area contributed by atoms with Crippen molar-refractivity contribution in [2.75, 3.05) is 6.61 Å². The van der Waals surface area contributed by atoms with Crippen LogP contribution in [0.4, 0.5) is 0 Å². The summed E-state index contributed by atoms with van der Waals surface area (Å²) in [4.78, 5) is 23.1. The topological polar surface area (TPSA) is 102 Å². The van der Waals surface area contributed by atoms with Gasteiger partial charge in [0, 0.05) is 0 Å². The van der Waals surface area contributed by atoms with Crippen molar-refractivity contribution in [2.45, 2.75) is 37.8 Å². The number of rotatable bonds is 5. The van der Waals surface area contributed by atoms with Gasteiger partial charge in [0.15, 0.2) is 6.61 Å². The molecule has 0 heterocycles. The summed E-state index contributed by atoms with van der Waals surface area (Å²) >= 11 is 0. The first kappa shape index (κ1) is 15.3. The summed E-state index contributed by atoms with van der Waals surface area (Å²) in [6.45, 7) is -0.215. The van der Waals surface area contributed by atoms with Gasteiger partial charge in [-0.25, -0.2) is 0 Å². The van der Waals surface area contributed by atoms with Crippen molar-refractivity contribution < 1.29 is 19.4 Å². The van der Waals surface area contributed by atoms with Crippen LogP contribution < -0.4 is 15.8 Å². The van der Waals surface area contributed by atoms with Crippen molar-refractivity contribution in [1.82, 2.24) is 5.32 Å².